The molecule has 2 heterocycles. The maximum atomic E-state index is 11.8. The van der Waals surface area contributed by atoms with Crippen molar-refractivity contribution < 1.29 is 9.90 Å². The van der Waals surface area contributed by atoms with Gasteiger partial charge in [-0.15, -0.1) is 0 Å². The van der Waals surface area contributed by atoms with Crippen molar-refractivity contribution in [1.29, 1.82) is 0 Å². The first kappa shape index (κ1) is 8.00. The van der Waals surface area contributed by atoms with Crippen LogP contribution in [-0.4, -0.2) is 22.5 Å². The van der Waals surface area contributed by atoms with Gasteiger partial charge in [-0.25, -0.2) is 0 Å². The molecule has 1 amide bonds. The molecule has 1 aromatic carbocycles. The molecule has 0 radical (unpaired) electrons. The van der Waals surface area contributed by atoms with E-state index < -0.39 is 5.72 Å². The zero-order chi connectivity index (χ0) is 9.76. The molecule has 14 heavy (non-hydrogen) atoms. The summed E-state index contributed by atoms with van der Waals surface area (Å²) in [6.45, 7) is 0.671. The zero-order valence-corrected chi connectivity index (χ0v) is 7.73. The standard InChI is InChI=1S/C11H11NO2/c13-10-8-4-1-2-5-9(8)11(14)6-3-7-12(10)11/h1-2,4-5,14H,3,6-7H2. The number of carbonyl (C=O) groups excluding carboxylic acids is 1. The Morgan fingerprint density at radius 1 is 1.36 bits per heavy atom. The zero-order valence-electron chi connectivity index (χ0n) is 7.73. The molecule has 1 saturated heterocycles. The molecule has 3 heteroatoms. The van der Waals surface area contributed by atoms with E-state index >= 15 is 0 Å². The highest BCUT2D eigenvalue weighted by atomic mass is 16.3. The summed E-state index contributed by atoms with van der Waals surface area (Å²) < 4.78 is 0. The molecule has 3 rings (SSSR count). The number of rotatable bonds is 0. The van der Waals surface area contributed by atoms with E-state index in [9.17, 15) is 9.90 Å². The Labute approximate surface area is 82.0 Å². The molecular weight excluding hydrogens is 178 g/mol. The highest BCUT2D eigenvalue weighted by Gasteiger charge is 2.50. The number of nitrogens with zero attached hydrogens (tertiary/aromatic N) is 1. The summed E-state index contributed by atoms with van der Waals surface area (Å²) in [5, 5.41) is 10.4. The predicted molar refractivity (Wildman–Crippen MR) is 50.6 cm³/mol. The van der Waals surface area contributed by atoms with Gasteiger partial charge in [-0.05, 0) is 12.5 Å². The van der Waals surface area contributed by atoms with Crippen LogP contribution < -0.4 is 0 Å². The fourth-order valence-corrected chi connectivity index (χ4v) is 2.52. The lowest BCUT2D eigenvalue weighted by molar-refractivity contribution is -0.0575. The minimum atomic E-state index is -1.01. The Bertz CT molecular complexity index is 416. The third-order valence-electron chi connectivity index (χ3n) is 3.19. The van der Waals surface area contributed by atoms with Crippen LogP contribution in [0.2, 0.25) is 0 Å². The predicted octanol–water partition coefficient (Wildman–Crippen LogP) is 1.08. The lowest BCUT2D eigenvalue weighted by Gasteiger charge is -2.26. The lowest BCUT2D eigenvalue weighted by Crippen LogP contribution is -2.37. The fourth-order valence-electron chi connectivity index (χ4n) is 2.52. The van der Waals surface area contributed by atoms with Gasteiger partial charge in [0.25, 0.3) is 5.91 Å². The third kappa shape index (κ3) is 0.738. The van der Waals surface area contributed by atoms with E-state index in [1.165, 1.54) is 0 Å². The van der Waals surface area contributed by atoms with Gasteiger partial charge in [0.05, 0.1) is 0 Å². The number of benzene rings is 1. The minimum Gasteiger partial charge on any atom is -0.367 e. The maximum Gasteiger partial charge on any atom is 0.256 e. The number of amides is 1. The number of hydrogen-bond acceptors (Lipinski definition) is 2. The average Bonchev–Trinajstić information content (AvgIpc) is 2.67. The van der Waals surface area contributed by atoms with Crippen LogP contribution in [0, 0.1) is 0 Å². The molecule has 0 saturated carbocycles. The molecule has 1 unspecified atom stereocenters. The molecule has 1 atom stereocenters. The average molecular weight is 189 g/mol. The molecule has 0 bridgehead atoms. The quantitative estimate of drug-likeness (QED) is 0.663. The van der Waals surface area contributed by atoms with Gasteiger partial charge in [0, 0.05) is 24.1 Å². The molecule has 1 N–H and O–H groups in total. The van der Waals surface area contributed by atoms with E-state index in [1.54, 1.807) is 11.0 Å². The van der Waals surface area contributed by atoms with Gasteiger partial charge >= 0.3 is 0 Å². The third-order valence-corrected chi connectivity index (χ3v) is 3.19. The molecule has 1 fully saturated rings. The van der Waals surface area contributed by atoms with Gasteiger partial charge in [-0.2, -0.15) is 0 Å². The second-order valence-corrected chi connectivity index (χ2v) is 3.92. The number of aliphatic hydroxyl groups is 1. The monoisotopic (exact) mass is 189 g/mol. The summed E-state index contributed by atoms with van der Waals surface area (Å²) in [5.41, 5.74) is 0.436. The highest BCUT2D eigenvalue weighted by molar-refractivity contribution is 5.99. The summed E-state index contributed by atoms with van der Waals surface area (Å²) in [6.07, 6.45) is 1.55. The molecule has 0 spiro atoms. The summed E-state index contributed by atoms with van der Waals surface area (Å²) in [5.74, 6) is -0.0272. The number of fused-ring (bicyclic) bond motifs is 3. The van der Waals surface area contributed by atoms with E-state index in [0.29, 0.717) is 18.5 Å². The smallest absolute Gasteiger partial charge is 0.256 e. The van der Waals surface area contributed by atoms with Crippen molar-refractivity contribution in [2.75, 3.05) is 6.54 Å². The van der Waals surface area contributed by atoms with Crippen LogP contribution in [0.15, 0.2) is 24.3 Å². The van der Waals surface area contributed by atoms with Crippen LogP contribution in [0.5, 0.6) is 0 Å². The normalized spacial score (nSPS) is 29.2. The van der Waals surface area contributed by atoms with Crippen LogP contribution in [-0.2, 0) is 5.72 Å². The first-order valence-electron chi connectivity index (χ1n) is 4.87. The van der Waals surface area contributed by atoms with Crippen LogP contribution in [0.4, 0.5) is 0 Å². The Morgan fingerprint density at radius 2 is 2.14 bits per heavy atom. The minimum absolute atomic E-state index is 0.0272. The van der Waals surface area contributed by atoms with Crippen molar-refractivity contribution in [3.8, 4) is 0 Å². The van der Waals surface area contributed by atoms with Crippen LogP contribution in [0.25, 0.3) is 0 Å². The van der Waals surface area contributed by atoms with E-state index in [4.69, 9.17) is 0 Å². The SMILES string of the molecule is O=C1c2ccccc2C2(O)CCCN12. The van der Waals surface area contributed by atoms with Gasteiger partial charge in [-0.3, -0.25) is 4.79 Å². The summed E-state index contributed by atoms with van der Waals surface area (Å²) in [4.78, 5) is 13.4. The van der Waals surface area contributed by atoms with Crippen molar-refractivity contribution >= 4 is 5.91 Å². The van der Waals surface area contributed by atoms with Crippen LogP contribution in [0.1, 0.15) is 28.8 Å². The second-order valence-electron chi connectivity index (χ2n) is 3.92. The molecule has 2 aliphatic heterocycles. The lowest BCUT2D eigenvalue weighted by atomic mass is 9.99. The van der Waals surface area contributed by atoms with Gasteiger partial charge in [0.15, 0.2) is 5.72 Å². The van der Waals surface area contributed by atoms with Gasteiger partial charge in [0.2, 0.25) is 0 Å². The summed E-state index contributed by atoms with van der Waals surface area (Å²) in [6, 6.07) is 7.33. The van der Waals surface area contributed by atoms with Gasteiger partial charge in [0.1, 0.15) is 0 Å². The second kappa shape index (κ2) is 2.36. The molecule has 3 nitrogen and oxygen atoms in total. The molecule has 0 aliphatic carbocycles. The molecule has 0 aromatic heterocycles. The summed E-state index contributed by atoms with van der Waals surface area (Å²) >= 11 is 0. The number of carbonyl (C=O) groups is 1. The van der Waals surface area contributed by atoms with E-state index in [1.807, 2.05) is 18.2 Å². The van der Waals surface area contributed by atoms with Crippen molar-refractivity contribution in [2.24, 2.45) is 0 Å². The first-order chi connectivity index (χ1) is 6.73. The van der Waals surface area contributed by atoms with E-state index in [-0.39, 0.29) is 5.91 Å². The topological polar surface area (TPSA) is 40.5 Å². The van der Waals surface area contributed by atoms with Crippen LogP contribution >= 0.6 is 0 Å². The molecule has 72 valence electrons. The Kier molecular flexibility index (Phi) is 1.35. The van der Waals surface area contributed by atoms with E-state index in [0.717, 1.165) is 12.0 Å². The largest absolute Gasteiger partial charge is 0.367 e. The Balaban J connectivity index is 2.26. The van der Waals surface area contributed by atoms with E-state index in [2.05, 4.69) is 0 Å². The fraction of sp³-hybridized carbons (Fsp3) is 0.364. The summed E-state index contributed by atoms with van der Waals surface area (Å²) in [7, 11) is 0. The Morgan fingerprint density at radius 3 is 3.00 bits per heavy atom. The van der Waals surface area contributed by atoms with Crippen molar-refractivity contribution in [3.63, 3.8) is 0 Å². The maximum absolute atomic E-state index is 11.8. The number of hydrogen-bond donors (Lipinski definition) is 1. The highest BCUT2D eigenvalue weighted by Crippen LogP contribution is 2.44. The van der Waals surface area contributed by atoms with Crippen molar-refractivity contribution in [2.45, 2.75) is 18.6 Å². The van der Waals surface area contributed by atoms with Gasteiger partial charge < -0.3 is 10.0 Å². The van der Waals surface area contributed by atoms with Crippen molar-refractivity contribution in [1.82, 2.24) is 4.90 Å². The first-order valence-corrected chi connectivity index (χ1v) is 4.87. The molecule has 2 aliphatic rings. The van der Waals surface area contributed by atoms with Crippen molar-refractivity contribution in [3.05, 3.63) is 35.4 Å². The van der Waals surface area contributed by atoms with Crippen LogP contribution in [0.3, 0.4) is 0 Å². The van der Waals surface area contributed by atoms with Gasteiger partial charge in [-0.1, -0.05) is 18.2 Å². The molecule has 1 aromatic rings. The molecular formula is C11H11NO2. The Hall–Kier alpha value is -1.35.